The number of halogens is 3. The topological polar surface area (TPSA) is 84.9 Å². The van der Waals surface area contributed by atoms with Crippen molar-refractivity contribution in [2.24, 2.45) is 5.92 Å². The number of aliphatic carboxylic acids is 1. The molecule has 0 bridgehead atoms. The summed E-state index contributed by atoms with van der Waals surface area (Å²) in [5.41, 5.74) is 0.382. The molecule has 0 radical (unpaired) electrons. The average Bonchev–Trinajstić information content (AvgIpc) is 2.98. The van der Waals surface area contributed by atoms with Crippen molar-refractivity contribution in [2.75, 3.05) is 13.2 Å². The minimum absolute atomic E-state index is 0.0908. The van der Waals surface area contributed by atoms with E-state index in [1.165, 1.54) is 12.1 Å². The van der Waals surface area contributed by atoms with Crippen LogP contribution in [0.5, 0.6) is 5.75 Å². The molecule has 1 heterocycles. The Kier molecular flexibility index (Phi) is 6.24. The first-order valence-corrected chi connectivity index (χ1v) is 7.67. The van der Waals surface area contributed by atoms with Crippen LogP contribution in [0.3, 0.4) is 0 Å². The molecule has 2 rings (SSSR count). The van der Waals surface area contributed by atoms with Crippen molar-refractivity contribution < 1.29 is 37.3 Å². The van der Waals surface area contributed by atoms with Crippen LogP contribution in [0.15, 0.2) is 24.3 Å². The molecule has 0 saturated carbocycles. The predicted octanol–water partition coefficient (Wildman–Crippen LogP) is 2.64. The summed E-state index contributed by atoms with van der Waals surface area (Å²) in [5.74, 6) is -1.78. The summed E-state index contributed by atoms with van der Waals surface area (Å²) in [7, 11) is 0. The van der Waals surface area contributed by atoms with Gasteiger partial charge in [-0.15, -0.1) is 13.2 Å². The van der Waals surface area contributed by atoms with Crippen molar-refractivity contribution in [3.63, 3.8) is 0 Å². The second-order valence-electron chi connectivity index (χ2n) is 5.77. The van der Waals surface area contributed by atoms with Crippen LogP contribution >= 0.6 is 0 Å². The van der Waals surface area contributed by atoms with Crippen LogP contribution in [-0.2, 0) is 14.3 Å². The second-order valence-corrected chi connectivity index (χ2v) is 5.77. The van der Waals surface area contributed by atoms with Gasteiger partial charge in [0, 0.05) is 19.6 Å². The molecule has 0 unspecified atom stereocenters. The highest BCUT2D eigenvalue weighted by atomic mass is 19.4. The summed E-state index contributed by atoms with van der Waals surface area (Å²) < 4.78 is 45.5. The number of amides is 1. The Labute approximate surface area is 141 Å². The largest absolute Gasteiger partial charge is 0.573 e. The number of ether oxygens (including phenoxy) is 2. The number of carboxylic acids is 1. The minimum Gasteiger partial charge on any atom is -0.481 e. The standard InChI is InChI=1S/C16H18F3NO5/c17-16(18,19)25-12-3-1-11(2-4-12)13(8-15(22)23)20-14(21)7-10-5-6-24-9-10/h1-4,10,13H,5-9H2,(H,20,21)(H,22,23)/t10-,13-/m1/s1. The highest BCUT2D eigenvalue weighted by molar-refractivity contribution is 5.78. The number of alkyl halides is 3. The van der Waals surface area contributed by atoms with Crippen LogP contribution in [0.1, 0.15) is 30.9 Å². The van der Waals surface area contributed by atoms with Gasteiger partial charge in [0.1, 0.15) is 5.75 Å². The first kappa shape index (κ1) is 19.0. The van der Waals surface area contributed by atoms with E-state index >= 15 is 0 Å². The molecule has 6 nitrogen and oxygen atoms in total. The van der Waals surface area contributed by atoms with Crippen molar-refractivity contribution in [1.82, 2.24) is 5.32 Å². The maximum atomic E-state index is 12.2. The molecule has 2 atom stereocenters. The molecular weight excluding hydrogens is 343 g/mol. The van der Waals surface area contributed by atoms with Gasteiger partial charge in [-0.3, -0.25) is 9.59 Å². The number of rotatable bonds is 7. The number of benzene rings is 1. The molecule has 1 aliphatic rings. The summed E-state index contributed by atoms with van der Waals surface area (Å²) in [6.45, 7) is 1.08. The van der Waals surface area contributed by atoms with E-state index in [4.69, 9.17) is 9.84 Å². The normalized spacial score (nSPS) is 18.6. The van der Waals surface area contributed by atoms with Gasteiger partial charge in [0.15, 0.2) is 0 Å². The number of hydrogen-bond donors (Lipinski definition) is 2. The van der Waals surface area contributed by atoms with Crippen molar-refractivity contribution >= 4 is 11.9 Å². The molecule has 138 valence electrons. The van der Waals surface area contributed by atoms with E-state index in [0.717, 1.165) is 18.6 Å². The zero-order valence-corrected chi connectivity index (χ0v) is 13.2. The lowest BCUT2D eigenvalue weighted by atomic mass is 10.0. The summed E-state index contributed by atoms with van der Waals surface area (Å²) in [6.07, 6.45) is -4.21. The van der Waals surface area contributed by atoms with E-state index < -0.39 is 24.1 Å². The van der Waals surface area contributed by atoms with Crippen LogP contribution in [0.25, 0.3) is 0 Å². The molecule has 25 heavy (non-hydrogen) atoms. The molecule has 1 aromatic carbocycles. The van der Waals surface area contributed by atoms with E-state index in [1.807, 2.05) is 0 Å². The third-order valence-electron chi connectivity index (χ3n) is 3.73. The van der Waals surface area contributed by atoms with Crippen molar-refractivity contribution in [1.29, 1.82) is 0 Å². The van der Waals surface area contributed by atoms with Gasteiger partial charge in [-0.2, -0.15) is 0 Å². The summed E-state index contributed by atoms with van der Waals surface area (Å²) >= 11 is 0. The first-order chi connectivity index (χ1) is 11.7. The van der Waals surface area contributed by atoms with Crippen molar-refractivity contribution in [3.05, 3.63) is 29.8 Å². The van der Waals surface area contributed by atoms with Gasteiger partial charge < -0.3 is 19.9 Å². The Morgan fingerprint density at radius 3 is 2.52 bits per heavy atom. The maximum Gasteiger partial charge on any atom is 0.573 e. The van der Waals surface area contributed by atoms with E-state index in [2.05, 4.69) is 10.1 Å². The van der Waals surface area contributed by atoms with Gasteiger partial charge in [0.25, 0.3) is 0 Å². The fourth-order valence-electron chi connectivity index (χ4n) is 2.59. The zero-order chi connectivity index (χ0) is 18.4. The summed E-state index contributed by atoms with van der Waals surface area (Å²) in [4.78, 5) is 23.1. The monoisotopic (exact) mass is 361 g/mol. The lowest BCUT2D eigenvalue weighted by Crippen LogP contribution is -2.31. The molecule has 9 heteroatoms. The maximum absolute atomic E-state index is 12.2. The number of carbonyl (C=O) groups is 2. The molecule has 1 aliphatic heterocycles. The van der Waals surface area contributed by atoms with Crippen LogP contribution in [0.4, 0.5) is 13.2 Å². The van der Waals surface area contributed by atoms with Crippen LogP contribution in [-0.4, -0.2) is 36.6 Å². The Morgan fingerprint density at radius 1 is 1.32 bits per heavy atom. The third-order valence-corrected chi connectivity index (χ3v) is 3.73. The minimum atomic E-state index is -4.81. The van der Waals surface area contributed by atoms with E-state index in [-0.39, 0.29) is 24.7 Å². The summed E-state index contributed by atoms with van der Waals surface area (Å²) in [5, 5.41) is 11.6. The highest BCUT2D eigenvalue weighted by Gasteiger charge is 2.31. The Morgan fingerprint density at radius 2 is 2.00 bits per heavy atom. The fourth-order valence-corrected chi connectivity index (χ4v) is 2.59. The van der Waals surface area contributed by atoms with Gasteiger partial charge in [-0.05, 0) is 30.0 Å². The van der Waals surface area contributed by atoms with Crippen molar-refractivity contribution in [2.45, 2.75) is 31.7 Å². The fraction of sp³-hybridized carbons (Fsp3) is 0.500. The Balaban J connectivity index is 2.02. The molecular formula is C16H18F3NO5. The van der Waals surface area contributed by atoms with E-state index in [0.29, 0.717) is 18.8 Å². The molecule has 0 spiro atoms. The molecule has 1 fully saturated rings. The summed E-state index contributed by atoms with van der Waals surface area (Å²) in [6, 6.07) is 3.91. The Hall–Kier alpha value is -2.29. The molecule has 0 aromatic heterocycles. The molecule has 1 amide bonds. The highest BCUT2D eigenvalue weighted by Crippen LogP contribution is 2.26. The Bertz CT molecular complexity index is 597. The SMILES string of the molecule is O=C(O)C[C@@H](NC(=O)C[C@H]1CCOC1)c1ccc(OC(F)(F)F)cc1. The number of carbonyl (C=O) groups excluding carboxylic acids is 1. The van der Waals surface area contributed by atoms with Crippen LogP contribution in [0, 0.1) is 5.92 Å². The number of hydrogen-bond acceptors (Lipinski definition) is 4. The van der Waals surface area contributed by atoms with Gasteiger partial charge in [0.05, 0.1) is 12.5 Å². The zero-order valence-electron chi connectivity index (χ0n) is 13.2. The first-order valence-electron chi connectivity index (χ1n) is 7.67. The third kappa shape index (κ3) is 6.61. The van der Waals surface area contributed by atoms with Gasteiger partial charge in [-0.25, -0.2) is 0 Å². The number of carboxylic acid groups (broad SMARTS) is 1. The van der Waals surface area contributed by atoms with E-state index in [1.54, 1.807) is 0 Å². The van der Waals surface area contributed by atoms with Crippen LogP contribution < -0.4 is 10.1 Å². The molecule has 1 saturated heterocycles. The second kappa shape index (κ2) is 8.19. The molecule has 1 aromatic rings. The quantitative estimate of drug-likeness (QED) is 0.780. The number of nitrogens with one attached hydrogen (secondary N) is 1. The smallest absolute Gasteiger partial charge is 0.481 e. The van der Waals surface area contributed by atoms with E-state index in [9.17, 15) is 22.8 Å². The van der Waals surface area contributed by atoms with Gasteiger partial charge in [-0.1, -0.05) is 12.1 Å². The van der Waals surface area contributed by atoms with Gasteiger partial charge in [0.2, 0.25) is 5.91 Å². The van der Waals surface area contributed by atoms with Crippen molar-refractivity contribution in [3.8, 4) is 5.75 Å². The lowest BCUT2D eigenvalue weighted by molar-refractivity contribution is -0.274. The molecule has 2 N–H and O–H groups in total. The lowest BCUT2D eigenvalue weighted by Gasteiger charge is -2.19. The predicted molar refractivity (Wildman–Crippen MR) is 79.8 cm³/mol. The van der Waals surface area contributed by atoms with Gasteiger partial charge >= 0.3 is 12.3 Å². The molecule has 0 aliphatic carbocycles. The average molecular weight is 361 g/mol. The van der Waals surface area contributed by atoms with Crippen LogP contribution in [0.2, 0.25) is 0 Å².